The first kappa shape index (κ1) is 25.9. The van der Waals surface area contributed by atoms with E-state index in [0.717, 1.165) is 53.3 Å². The molecule has 1 aliphatic heterocycles. The molecule has 1 heterocycles. The summed E-state index contributed by atoms with van der Waals surface area (Å²) in [6.07, 6.45) is 4.47. The second kappa shape index (κ2) is 10.8. The molecule has 0 unspecified atom stereocenters. The Morgan fingerprint density at radius 2 is 1.86 bits per heavy atom. The molecule has 1 atom stereocenters. The van der Waals surface area contributed by atoms with Gasteiger partial charge in [-0.1, -0.05) is 47.8 Å². The second-order valence-electron chi connectivity index (χ2n) is 9.64. The number of nitrogens with one attached hydrogen (secondary N) is 1. The molecule has 188 valence electrons. The zero-order chi connectivity index (χ0) is 25.2. The number of ether oxygens (including phenoxy) is 1. The molecule has 1 saturated heterocycles. The van der Waals surface area contributed by atoms with Crippen molar-refractivity contribution in [3.8, 4) is 5.75 Å². The smallest absolute Gasteiger partial charge is 0.331 e. The third-order valence-corrected chi connectivity index (χ3v) is 7.67. The number of carbonyl (C=O) groups excluding carboxylic acids is 1. The molecule has 2 amide bonds. The topological polar surface area (TPSA) is 75.7 Å². The van der Waals surface area contributed by atoms with E-state index in [0.29, 0.717) is 25.6 Å². The van der Waals surface area contributed by atoms with Crippen LogP contribution in [0.4, 0.5) is 4.79 Å². The first-order valence-corrected chi connectivity index (χ1v) is 14.4. The number of amides is 2. The minimum Gasteiger partial charge on any atom is -0.493 e. The number of carbonyl (C=O) groups is 1. The van der Waals surface area contributed by atoms with Crippen molar-refractivity contribution in [2.45, 2.75) is 32.6 Å². The van der Waals surface area contributed by atoms with Gasteiger partial charge in [0.25, 0.3) is 0 Å². The molecule has 1 fully saturated rings. The predicted molar refractivity (Wildman–Crippen MR) is 140 cm³/mol. The van der Waals surface area contributed by atoms with Gasteiger partial charge in [0.1, 0.15) is 5.75 Å². The van der Waals surface area contributed by atoms with Crippen LogP contribution in [0.2, 0.25) is 5.02 Å². The van der Waals surface area contributed by atoms with Gasteiger partial charge in [-0.2, -0.15) is 0 Å². The van der Waals surface area contributed by atoms with Gasteiger partial charge in [0.2, 0.25) is 10.0 Å². The number of benzene rings is 2. The Morgan fingerprint density at radius 1 is 1.14 bits per heavy atom. The summed E-state index contributed by atoms with van der Waals surface area (Å²) in [5.74, 6) is 1.50. The van der Waals surface area contributed by atoms with E-state index in [1.807, 2.05) is 29.0 Å². The van der Waals surface area contributed by atoms with Crippen molar-refractivity contribution in [3.63, 3.8) is 0 Å². The zero-order valence-electron chi connectivity index (χ0n) is 19.9. The quantitative estimate of drug-likeness (QED) is 0.484. The molecular weight excluding hydrogens is 507 g/mol. The molecule has 2 aromatic rings. The summed E-state index contributed by atoms with van der Waals surface area (Å²) in [6.45, 7) is 3.86. The molecule has 0 bridgehead atoms. The van der Waals surface area contributed by atoms with Crippen LogP contribution < -0.4 is 9.46 Å². The van der Waals surface area contributed by atoms with Gasteiger partial charge in [-0.05, 0) is 84.5 Å². The Hall–Kier alpha value is -2.22. The van der Waals surface area contributed by atoms with Crippen LogP contribution in [0.5, 0.6) is 5.75 Å². The van der Waals surface area contributed by atoms with Crippen LogP contribution in [0.1, 0.15) is 36.5 Å². The van der Waals surface area contributed by atoms with Gasteiger partial charge in [0.15, 0.2) is 0 Å². The highest BCUT2D eigenvalue weighted by Gasteiger charge is 2.33. The van der Waals surface area contributed by atoms with Gasteiger partial charge >= 0.3 is 6.03 Å². The monoisotopic (exact) mass is 536 g/mol. The molecule has 2 aliphatic rings. The molecule has 0 aromatic heterocycles. The van der Waals surface area contributed by atoms with E-state index in [9.17, 15) is 13.2 Å². The Labute approximate surface area is 217 Å². The highest BCUT2D eigenvalue weighted by molar-refractivity contribution is 7.89. The third kappa shape index (κ3) is 6.93. The number of rotatable bonds is 8. The van der Waals surface area contributed by atoms with Crippen LogP contribution in [0.3, 0.4) is 0 Å². The van der Waals surface area contributed by atoms with Gasteiger partial charge in [-0.3, -0.25) is 0 Å². The summed E-state index contributed by atoms with van der Waals surface area (Å²) in [5, 5.41) is 1.53. The average Bonchev–Trinajstić information content (AvgIpc) is 2.76. The first-order valence-electron chi connectivity index (χ1n) is 11.7. The number of nitrogens with zero attached hydrogens (tertiary/aromatic N) is 1. The second-order valence-corrected chi connectivity index (χ2v) is 12.2. The molecule has 0 spiro atoms. The lowest BCUT2D eigenvalue weighted by Crippen LogP contribution is -2.54. The van der Waals surface area contributed by atoms with Crippen molar-refractivity contribution in [1.29, 1.82) is 0 Å². The van der Waals surface area contributed by atoms with E-state index >= 15 is 0 Å². The highest BCUT2D eigenvalue weighted by atomic mass is 35.5. The van der Waals surface area contributed by atoms with Gasteiger partial charge in [-0.25, -0.2) is 17.9 Å². The minimum atomic E-state index is -3.55. The lowest BCUT2D eigenvalue weighted by Gasteiger charge is -2.40. The van der Waals surface area contributed by atoms with Crippen LogP contribution in [0.25, 0.3) is 5.03 Å². The third-order valence-electron chi connectivity index (χ3n) is 6.40. The Bertz CT molecular complexity index is 1220. The predicted octanol–water partition coefficient (Wildman–Crippen LogP) is 5.48. The van der Waals surface area contributed by atoms with Crippen LogP contribution in [-0.4, -0.2) is 45.3 Å². The maximum absolute atomic E-state index is 11.9. The Morgan fingerprint density at radius 3 is 2.54 bits per heavy atom. The van der Waals surface area contributed by atoms with E-state index < -0.39 is 16.1 Å². The fraction of sp³-hybridized carbons (Fsp3) is 0.423. The summed E-state index contributed by atoms with van der Waals surface area (Å²) in [6, 6.07) is 13.5. The van der Waals surface area contributed by atoms with Crippen LogP contribution in [-0.2, 0) is 22.9 Å². The summed E-state index contributed by atoms with van der Waals surface area (Å²) < 4.78 is 30.5. The number of aryl methyl sites for hydroxylation is 1. The summed E-state index contributed by atoms with van der Waals surface area (Å²) in [7, 11) is -3.55. The highest BCUT2D eigenvalue weighted by Crippen LogP contribution is 2.39. The van der Waals surface area contributed by atoms with Gasteiger partial charge in [-0.15, -0.1) is 0 Å². The summed E-state index contributed by atoms with van der Waals surface area (Å²) in [5.41, 5.74) is 4.66. The molecule has 0 radical (unpaired) electrons. The molecule has 0 saturated carbocycles. The molecule has 2 aromatic carbocycles. The fourth-order valence-electron chi connectivity index (χ4n) is 4.61. The van der Waals surface area contributed by atoms with E-state index in [2.05, 4.69) is 25.1 Å². The minimum absolute atomic E-state index is 0.287. The Balaban J connectivity index is 1.30. The SMILES string of the molecule is C[C@H](COc1ccc2c(c1)CCC(CC1CN(C(=O)NS(C)(=O)=O)C1)=C2Cl)Cc1ccc(Cl)cc1. The summed E-state index contributed by atoms with van der Waals surface area (Å²) in [4.78, 5) is 13.4. The van der Waals surface area contributed by atoms with Crippen LogP contribution >= 0.6 is 23.2 Å². The number of hydrogen-bond acceptors (Lipinski definition) is 4. The number of allylic oxidation sites excluding steroid dienone is 1. The molecule has 6 nitrogen and oxygen atoms in total. The summed E-state index contributed by atoms with van der Waals surface area (Å²) >= 11 is 12.7. The lowest BCUT2D eigenvalue weighted by molar-refractivity contribution is 0.124. The average molecular weight is 538 g/mol. The van der Waals surface area contributed by atoms with Crippen LogP contribution in [0, 0.1) is 11.8 Å². The van der Waals surface area contributed by atoms with Crippen molar-refractivity contribution < 1.29 is 17.9 Å². The van der Waals surface area contributed by atoms with Crippen LogP contribution in [0.15, 0.2) is 48.0 Å². The van der Waals surface area contributed by atoms with Crippen molar-refractivity contribution in [2.75, 3.05) is 26.0 Å². The van der Waals surface area contributed by atoms with Crippen molar-refractivity contribution in [2.24, 2.45) is 11.8 Å². The van der Waals surface area contributed by atoms with E-state index in [-0.39, 0.29) is 5.92 Å². The molecule has 35 heavy (non-hydrogen) atoms. The molecule has 1 N–H and O–H groups in total. The van der Waals surface area contributed by atoms with Gasteiger partial charge in [0, 0.05) is 23.1 Å². The molecule has 1 aliphatic carbocycles. The van der Waals surface area contributed by atoms with Gasteiger partial charge in [0.05, 0.1) is 12.9 Å². The number of hydrogen-bond donors (Lipinski definition) is 1. The lowest BCUT2D eigenvalue weighted by atomic mass is 9.84. The van der Waals surface area contributed by atoms with E-state index in [1.54, 1.807) is 0 Å². The zero-order valence-corrected chi connectivity index (χ0v) is 22.2. The maximum atomic E-state index is 11.9. The number of sulfonamides is 1. The molecular formula is C26H30Cl2N2O4S. The normalized spacial score (nSPS) is 17.0. The van der Waals surface area contributed by atoms with Crippen molar-refractivity contribution >= 4 is 44.3 Å². The number of fused-ring (bicyclic) bond motifs is 1. The van der Waals surface area contributed by atoms with Gasteiger partial charge < -0.3 is 9.64 Å². The molecule has 9 heteroatoms. The van der Waals surface area contributed by atoms with Crippen molar-refractivity contribution in [3.05, 3.63) is 69.8 Å². The fourth-order valence-corrected chi connectivity index (χ4v) is 5.54. The number of urea groups is 1. The molecule has 4 rings (SSSR count). The standard InChI is InChI=1S/C26H30Cl2N2O4S/c1-17(11-18-3-7-22(27)8-4-18)16-34-23-9-10-24-20(13-23)5-6-21(25(24)28)12-19-14-30(15-19)26(31)29-35(2,32)33/h3-4,7-10,13,17,19H,5-6,11-12,14-16H2,1-2H3,(H,29,31)/t17-/m0/s1. The largest absolute Gasteiger partial charge is 0.493 e. The van der Waals surface area contributed by atoms with E-state index in [1.165, 1.54) is 21.6 Å². The maximum Gasteiger partial charge on any atom is 0.331 e. The van der Waals surface area contributed by atoms with Crippen molar-refractivity contribution in [1.82, 2.24) is 9.62 Å². The van der Waals surface area contributed by atoms with E-state index in [4.69, 9.17) is 27.9 Å². The Kier molecular flexibility index (Phi) is 7.99. The number of halogens is 2. The number of likely N-dealkylation sites (tertiary alicyclic amines) is 1. The first-order chi connectivity index (χ1) is 16.6.